The van der Waals surface area contributed by atoms with Gasteiger partial charge in [0.05, 0.1) is 29.5 Å². The van der Waals surface area contributed by atoms with Crippen LogP contribution in [0.5, 0.6) is 0 Å². The van der Waals surface area contributed by atoms with Crippen LogP contribution in [0.3, 0.4) is 0 Å². The summed E-state index contributed by atoms with van der Waals surface area (Å²) >= 11 is 0. The highest BCUT2D eigenvalue weighted by atomic mass is 16.6. The molecule has 0 N–H and O–H groups in total. The van der Waals surface area contributed by atoms with Crippen LogP contribution in [0.2, 0.25) is 0 Å². The standard InChI is InChI=1S/C8H11N3O3/c1-14-7-4-6(5-7)10-3-2-8(9-10)11(12)13/h2-3,6-7H,4-5H2,1H3/t6-,7+. The van der Waals surface area contributed by atoms with Gasteiger partial charge in [-0.3, -0.25) is 0 Å². The fourth-order valence-electron chi connectivity index (χ4n) is 1.58. The molecule has 1 aliphatic carbocycles. The molecule has 76 valence electrons. The third-order valence-corrected chi connectivity index (χ3v) is 2.56. The van der Waals surface area contributed by atoms with Crippen LogP contribution in [0.25, 0.3) is 0 Å². The molecule has 6 heteroatoms. The third-order valence-electron chi connectivity index (χ3n) is 2.56. The van der Waals surface area contributed by atoms with Gasteiger partial charge in [0.2, 0.25) is 0 Å². The average molecular weight is 197 g/mol. The fourth-order valence-corrected chi connectivity index (χ4v) is 1.58. The van der Waals surface area contributed by atoms with Gasteiger partial charge in [0.15, 0.2) is 0 Å². The lowest BCUT2D eigenvalue weighted by Crippen LogP contribution is -2.32. The first-order chi connectivity index (χ1) is 6.70. The Morgan fingerprint density at radius 1 is 1.71 bits per heavy atom. The first-order valence-corrected chi connectivity index (χ1v) is 4.43. The van der Waals surface area contributed by atoms with Crippen LogP contribution in [0.4, 0.5) is 5.82 Å². The molecular formula is C8H11N3O3. The molecule has 14 heavy (non-hydrogen) atoms. The van der Waals surface area contributed by atoms with Crippen molar-refractivity contribution in [1.82, 2.24) is 9.78 Å². The third kappa shape index (κ3) is 1.48. The van der Waals surface area contributed by atoms with Crippen molar-refractivity contribution in [1.29, 1.82) is 0 Å². The molecule has 0 saturated heterocycles. The van der Waals surface area contributed by atoms with E-state index in [0.717, 1.165) is 12.8 Å². The Morgan fingerprint density at radius 2 is 2.43 bits per heavy atom. The topological polar surface area (TPSA) is 70.2 Å². The smallest absolute Gasteiger partial charge is 0.381 e. The molecule has 1 heterocycles. The zero-order chi connectivity index (χ0) is 10.1. The van der Waals surface area contributed by atoms with Crippen molar-refractivity contribution in [3.8, 4) is 0 Å². The maximum absolute atomic E-state index is 10.4. The first kappa shape index (κ1) is 9.14. The van der Waals surface area contributed by atoms with Gasteiger partial charge in [0.25, 0.3) is 0 Å². The fraction of sp³-hybridized carbons (Fsp3) is 0.625. The lowest BCUT2D eigenvalue weighted by molar-refractivity contribution is -0.389. The molecule has 0 atom stereocenters. The van der Waals surface area contributed by atoms with Crippen molar-refractivity contribution in [2.45, 2.75) is 25.0 Å². The van der Waals surface area contributed by atoms with Crippen LogP contribution >= 0.6 is 0 Å². The van der Waals surface area contributed by atoms with Crippen molar-refractivity contribution in [2.75, 3.05) is 7.11 Å². The Bertz CT molecular complexity index is 343. The van der Waals surface area contributed by atoms with Crippen LogP contribution in [-0.2, 0) is 4.74 Å². The van der Waals surface area contributed by atoms with Gasteiger partial charge >= 0.3 is 5.82 Å². The van der Waals surface area contributed by atoms with Gasteiger partial charge in [0, 0.05) is 7.11 Å². The summed E-state index contributed by atoms with van der Waals surface area (Å²) in [6.07, 6.45) is 3.70. The highest BCUT2D eigenvalue weighted by Crippen LogP contribution is 2.33. The highest BCUT2D eigenvalue weighted by Gasteiger charge is 2.33. The minimum absolute atomic E-state index is 0.0918. The van der Waals surface area contributed by atoms with E-state index in [4.69, 9.17) is 4.74 Å². The summed E-state index contributed by atoms with van der Waals surface area (Å²) in [6, 6.07) is 1.67. The molecule has 0 bridgehead atoms. The Kier molecular flexibility index (Phi) is 2.20. The number of aromatic nitrogens is 2. The van der Waals surface area contributed by atoms with E-state index in [-0.39, 0.29) is 18.0 Å². The van der Waals surface area contributed by atoms with Gasteiger partial charge in [-0.1, -0.05) is 0 Å². The van der Waals surface area contributed by atoms with E-state index < -0.39 is 4.92 Å². The molecule has 1 fully saturated rings. The average Bonchev–Trinajstić information content (AvgIpc) is 2.51. The quantitative estimate of drug-likeness (QED) is 0.538. The maximum Gasteiger partial charge on any atom is 0.389 e. The van der Waals surface area contributed by atoms with Crippen LogP contribution in [0.1, 0.15) is 18.9 Å². The Labute approximate surface area is 80.6 Å². The highest BCUT2D eigenvalue weighted by molar-refractivity contribution is 5.14. The lowest BCUT2D eigenvalue weighted by Gasteiger charge is -2.32. The summed E-state index contributed by atoms with van der Waals surface area (Å²) in [5.74, 6) is -0.0918. The molecule has 0 amide bonds. The number of hydrogen-bond donors (Lipinski definition) is 0. The Balaban J connectivity index is 2.01. The number of nitrogens with zero attached hydrogens (tertiary/aromatic N) is 3. The Morgan fingerprint density at radius 3 is 2.93 bits per heavy atom. The lowest BCUT2D eigenvalue weighted by atomic mass is 9.89. The molecule has 2 rings (SSSR count). The minimum atomic E-state index is -0.483. The predicted molar refractivity (Wildman–Crippen MR) is 47.9 cm³/mol. The normalized spacial score (nSPS) is 25.8. The van der Waals surface area contributed by atoms with Gasteiger partial charge in [-0.05, 0) is 17.8 Å². The minimum Gasteiger partial charge on any atom is -0.381 e. The van der Waals surface area contributed by atoms with E-state index in [0.29, 0.717) is 0 Å². The largest absolute Gasteiger partial charge is 0.389 e. The Hall–Kier alpha value is -1.43. The number of ether oxygens (including phenoxy) is 1. The number of hydrogen-bond acceptors (Lipinski definition) is 4. The van der Waals surface area contributed by atoms with Gasteiger partial charge in [-0.2, -0.15) is 4.68 Å². The van der Waals surface area contributed by atoms with E-state index >= 15 is 0 Å². The van der Waals surface area contributed by atoms with E-state index in [2.05, 4.69) is 5.10 Å². The predicted octanol–water partition coefficient (Wildman–Crippen LogP) is 1.14. The van der Waals surface area contributed by atoms with E-state index in [1.807, 2.05) is 0 Å². The molecule has 0 aliphatic heterocycles. The summed E-state index contributed by atoms with van der Waals surface area (Å²) in [7, 11) is 1.67. The molecule has 1 saturated carbocycles. The number of methoxy groups -OCH3 is 1. The molecule has 0 spiro atoms. The van der Waals surface area contributed by atoms with Crippen molar-refractivity contribution in [2.24, 2.45) is 0 Å². The van der Waals surface area contributed by atoms with Crippen LogP contribution in [-0.4, -0.2) is 27.9 Å². The molecule has 1 aromatic rings. The molecule has 0 radical (unpaired) electrons. The number of rotatable bonds is 3. The summed E-state index contributed by atoms with van der Waals surface area (Å²) in [4.78, 5) is 9.89. The van der Waals surface area contributed by atoms with Crippen molar-refractivity contribution in [3.05, 3.63) is 22.4 Å². The van der Waals surface area contributed by atoms with Gasteiger partial charge in [-0.15, -0.1) is 0 Å². The zero-order valence-electron chi connectivity index (χ0n) is 7.79. The molecule has 1 aliphatic rings. The zero-order valence-corrected chi connectivity index (χ0v) is 7.79. The first-order valence-electron chi connectivity index (χ1n) is 4.43. The summed E-state index contributed by atoms with van der Waals surface area (Å²) in [6.45, 7) is 0. The number of nitro groups is 1. The molecule has 0 aromatic carbocycles. The summed E-state index contributed by atoms with van der Waals surface area (Å²) in [5, 5.41) is 14.2. The van der Waals surface area contributed by atoms with Crippen LogP contribution in [0.15, 0.2) is 12.3 Å². The van der Waals surface area contributed by atoms with Crippen molar-refractivity contribution in [3.63, 3.8) is 0 Å². The summed E-state index contributed by atoms with van der Waals surface area (Å²) in [5.41, 5.74) is 0. The molecule has 1 aromatic heterocycles. The monoisotopic (exact) mass is 197 g/mol. The summed E-state index contributed by atoms with van der Waals surface area (Å²) < 4.78 is 6.76. The second kappa shape index (κ2) is 3.38. The molecule has 0 unspecified atom stereocenters. The van der Waals surface area contributed by atoms with Crippen LogP contribution in [0, 0.1) is 10.1 Å². The second-order valence-corrected chi connectivity index (χ2v) is 3.39. The van der Waals surface area contributed by atoms with Crippen molar-refractivity contribution < 1.29 is 9.66 Å². The maximum atomic E-state index is 10.4. The second-order valence-electron chi connectivity index (χ2n) is 3.39. The van der Waals surface area contributed by atoms with E-state index in [1.54, 1.807) is 18.0 Å². The van der Waals surface area contributed by atoms with E-state index in [9.17, 15) is 10.1 Å². The molecule has 6 nitrogen and oxygen atoms in total. The van der Waals surface area contributed by atoms with Gasteiger partial charge in [0.1, 0.15) is 0 Å². The van der Waals surface area contributed by atoms with Gasteiger partial charge < -0.3 is 14.9 Å². The van der Waals surface area contributed by atoms with Crippen molar-refractivity contribution >= 4 is 5.82 Å². The van der Waals surface area contributed by atoms with E-state index in [1.165, 1.54) is 6.07 Å². The van der Waals surface area contributed by atoms with Gasteiger partial charge in [-0.25, -0.2) is 0 Å². The SMILES string of the molecule is CO[C@H]1C[C@@H](n2ccc([N+](=O)[O-])n2)C1. The van der Waals surface area contributed by atoms with Crippen LogP contribution < -0.4 is 0 Å². The molecular weight excluding hydrogens is 186 g/mol.